The number of aromatic hydroxyl groups is 1. The summed E-state index contributed by atoms with van der Waals surface area (Å²) >= 11 is 0. The van der Waals surface area contributed by atoms with E-state index in [1.165, 1.54) is 50.7 Å². The van der Waals surface area contributed by atoms with Crippen LogP contribution in [-0.4, -0.2) is 26.4 Å². The molecule has 2 aromatic carbocycles. The fraction of sp³-hybridized carbons (Fsp3) is 0.423. The molecular weight excluding hydrogens is 404 g/mol. The summed E-state index contributed by atoms with van der Waals surface area (Å²) in [4.78, 5) is 11.0. The van der Waals surface area contributed by atoms with Gasteiger partial charge in [-0.15, -0.1) is 10.2 Å². The SMILES string of the molecule is O=C(O)c1ccc(-c2nnc(-c3ccc(O)c(CCC4CC5CCCC(C5)C4)c3)o2)cc1. The van der Waals surface area contributed by atoms with E-state index in [1.54, 1.807) is 24.3 Å². The van der Waals surface area contributed by atoms with Crippen LogP contribution in [0.4, 0.5) is 0 Å². The second-order valence-electron chi connectivity index (χ2n) is 9.41. The minimum absolute atomic E-state index is 0.207. The summed E-state index contributed by atoms with van der Waals surface area (Å²) in [6.07, 6.45) is 10.3. The molecular formula is C26H28N2O4. The number of hydrogen-bond donors (Lipinski definition) is 2. The van der Waals surface area contributed by atoms with E-state index >= 15 is 0 Å². The maximum Gasteiger partial charge on any atom is 0.335 e. The molecule has 2 saturated carbocycles. The third-order valence-electron chi connectivity index (χ3n) is 7.18. The first-order chi connectivity index (χ1) is 15.5. The molecule has 0 spiro atoms. The van der Waals surface area contributed by atoms with Crippen LogP contribution in [-0.2, 0) is 6.42 Å². The van der Waals surface area contributed by atoms with Gasteiger partial charge in [0.05, 0.1) is 5.56 Å². The zero-order valence-electron chi connectivity index (χ0n) is 18.0. The summed E-state index contributed by atoms with van der Waals surface area (Å²) < 4.78 is 5.84. The number of aryl methyl sites for hydroxylation is 1. The molecule has 0 radical (unpaired) electrons. The van der Waals surface area contributed by atoms with Crippen LogP contribution in [0.15, 0.2) is 46.9 Å². The van der Waals surface area contributed by atoms with Crippen molar-refractivity contribution < 1.29 is 19.4 Å². The fourth-order valence-electron chi connectivity index (χ4n) is 5.60. The van der Waals surface area contributed by atoms with Crippen LogP contribution in [0.5, 0.6) is 5.75 Å². The highest BCUT2D eigenvalue weighted by atomic mass is 16.4. The molecule has 2 bridgehead atoms. The molecule has 166 valence electrons. The second-order valence-corrected chi connectivity index (χ2v) is 9.41. The minimum atomic E-state index is -0.976. The lowest BCUT2D eigenvalue weighted by molar-refractivity contribution is 0.0697. The van der Waals surface area contributed by atoms with E-state index in [0.29, 0.717) is 23.1 Å². The number of hydrogen-bond acceptors (Lipinski definition) is 5. The molecule has 3 aromatic rings. The Hall–Kier alpha value is -3.15. The molecule has 2 aliphatic carbocycles. The Morgan fingerprint density at radius 2 is 1.59 bits per heavy atom. The van der Waals surface area contributed by atoms with Gasteiger partial charge in [-0.1, -0.05) is 19.3 Å². The monoisotopic (exact) mass is 432 g/mol. The third-order valence-corrected chi connectivity index (χ3v) is 7.18. The Bertz CT molecular complexity index is 1090. The zero-order valence-corrected chi connectivity index (χ0v) is 18.0. The number of aromatic nitrogens is 2. The van der Waals surface area contributed by atoms with E-state index in [9.17, 15) is 9.90 Å². The van der Waals surface area contributed by atoms with Crippen LogP contribution in [0.2, 0.25) is 0 Å². The van der Waals surface area contributed by atoms with Crippen LogP contribution in [0.25, 0.3) is 22.9 Å². The summed E-state index contributed by atoms with van der Waals surface area (Å²) in [5.41, 5.74) is 2.57. The standard InChI is InChI=1S/C26H28N2O4/c29-23-11-10-22(15-21(23)5-4-18-13-16-2-1-3-17(12-16)14-18)25-28-27-24(32-25)19-6-8-20(9-7-19)26(30)31/h6-11,15-18,29H,1-5,12-14H2,(H,30,31). The van der Waals surface area contributed by atoms with Crippen LogP contribution in [0.3, 0.4) is 0 Å². The molecule has 5 rings (SSSR count). The predicted octanol–water partition coefficient (Wildman–Crippen LogP) is 5.96. The number of aromatic carboxylic acids is 1. The highest BCUT2D eigenvalue weighted by Crippen LogP contribution is 2.44. The number of nitrogens with zero attached hydrogens (tertiary/aromatic N) is 2. The number of phenols is 1. The number of carbonyl (C=O) groups is 1. The van der Waals surface area contributed by atoms with Crippen LogP contribution in [0, 0.1) is 17.8 Å². The lowest BCUT2D eigenvalue weighted by Gasteiger charge is -2.39. The third kappa shape index (κ3) is 4.40. The topological polar surface area (TPSA) is 96.5 Å². The summed E-state index contributed by atoms with van der Waals surface area (Å²) in [7, 11) is 0. The van der Waals surface area contributed by atoms with Crippen LogP contribution < -0.4 is 0 Å². The maximum atomic E-state index is 11.0. The summed E-state index contributed by atoms with van der Waals surface area (Å²) in [6, 6.07) is 11.8. The fourth-order valence-corrected chi connectivity index (χ4v) is 5.60. The van der Waals surface area contributed by atoms with Crippen molar-refractivity contribution in [1.29, 1.82) is 0 Å². The quantitative estimate of drug-likeness (QED) is 0.499. The largest absolute Gasteiger partial charge is 0.508 e. The molecule has 2 N–H and O–H groups in total. The first kappa shape index (κ1) is 20.7. The number of phenolic OH excluding ortho intramolecular Hbond substituents is 1. The van der Waals surface area contributed by atoms with Gasteiger partial charge in [0, 0.05) is 11.1 Å². The molecule has 2 fully saturated rings. The van der Waals surface area contributed by atoms with E-state index in [1.807, 2.05) is 6.07 Å². The molecule has 6 heteroatoms. The zero-order chi connectivity index (χ0) is 22.1. The smallest absolute Gasteiger partial charge is 0.335 e. The van der Waals surface area contributed by atoms with E-state index in [4.69, 9.17) is 9.52 Å². The molecule has 1 aromatic heterocycles. The number of rotatable bonds is 6. The first-order valence-corrected chi connectivity index (χ1v) is 11.5. The Morgan fingerprint density at radius 3 is 2.28 bits per heavy atom. The highest BCUT2D eigenvalue weighted by molar-refractivity contribution is 5.88. The van der Waals surface area contributed by atoms with E-state index in [0.717, 1.165) is 41.7 Å². The van der Waals surface area contributed by atoms with Gasteiger partial charge < -0.3 is 14.6 Å². The number of fused-ring (bicyclic) bond motifs is 2. The summed E-state index contributed by atoms with van der Waals surface area (Å²) in [6.45, 7) is 0. The van der Waals surface area contributed by atoms with Crippen LogP contribution in [0.1, 0.15) is 60.9 Å². The molecule has 0 amide bonds. The molecule has 2 unspecified atom stereocenters. The first-order valence-electron chi connectivity index (χ1n) is 11.5. The summed E-state index contributed by atoms with van der Waals surface area (Å²) in [5.74, 6) is 2.63. The van der Waals surface area contributed by atoms with Crippen molar-refractivity contribution in [3.8, 4) is 28.7 Å². The van der Waals surface area contributed by atoms with E-state index < -0.39 is 5.97 Å². The molecule has 1 heterocycles. The van der Waals surface area contributed by atoms with Crippen molar-refractivity contribution in [2.75, 3.05) is 0 Å². The molecule has 2 aliphatic rings. The molecule has 0 aliphatic heterocycles. The van der Waals surface area contributed by atoms with Crippen molar-refractivity contribution in [3.63, 3.8) is 0 Å². The Labute approximate surface area is 187 Å². The molecule has 2 atom stereocenters. The van der Waals surface area contributed by atoms with Gasteiger partial charge in [-0.25, -0.2) is 4.79 Å². The number of benzene rings is 2. The van der Waals surface area contributed by atoms with Crippen molar-refractivity contribution in [2.24, 2.45) is 17.8 Å². The second kappa shape index (κ2) is 8.77. The molecule has 6 nitrogen and oxygen atoms in total. The van der Waals surface area contributed by atoms with Crippen molar-refractivity contribution in [1.82, 2.24) is 10.2 Å². The normalized spacial score (nSPS) is 22.6. The van der Waals surface area contributed by atoms with E-state index in [-0.39, 0.29) is 5.56 Å². The van der Waals surface area contributed by atoms with Crippen molar-refractivity contribution in [2.45, 2.75) is 51.4 Å². The lowest BCUT2D eigenvalue weighted by atomic mass is 9.67. The van der Waals surface area contributed by atoms with Gasteiger partial charge in [-0.3, -0.25) is 0 Å². The maximum absolute atomic E-state index is 11.0. The number of carboxylic acid groups (broad SMARTS) is 1. The summed E-state index contributed by atoms with van der Waals surface area (Å²) in [5, 5.41) is 27.7. The predicted molar refractivity (Wildman–Crippen MR) is 120 cm³/mol. The Balaban J connectivity index is 1.29. The van der Waals surface area contributed by atoms with Crippen molar-refractivity contribution >= 4 is 5.97 Å². The van der Waals surface area contributed by atoms with E-state index in [2.05, 4.69) is 10.2 Å². The minimum Gasteiger partial charge on any atom is -0.508 e. The van der Waals surface area contributed by atoms with Gasteiger partial charge in [0.25, 0.3) is 0 Å². The lowest BCUT2D eigenvalue weighted by Crippen LogP contribution is -2.27. The van der Waals surface area contributed by atoms with Gasteiger partial charge in [0.2, 0.25) is 11.8 Å². The van der Waals surface area contributed by atoms with Gasteiger partial charge >= 0.3 is 5.97 Å². The Kier molecular flexibility index (Phi) is 5.68. The van der Waals surface area contributed by atoms with Crippen molar-refractivity contribution in [3.05, 3.63) is 53.6 Å². The van der Waals surface area contributed by atoms with Crippen LogP contribution >= 0.6 is 0 Å². The highest BCUT2D eigenvalue weighted by Gasteiger charge is 2.31. The van der Waals surface area contributed by atoms with Gasteiger partial charge in [-0.05, 0) is 97.9 Å². The van der Waals surface area contributed by atoms with Gasteiger partial charge in [0.15, 0.2) is 0 Å². The Morgan fingerprint density at radius 1 is 0.938 bits per heavy atom. The molecule has 32 heavy (non-hydrogen) atoms. The average Bonchev–Trinajstić information content (AvgIpc) is 3.29. The molecule has 0 saturated heterocycles. The average molecular weight is 433 g/mol. The number of carboxylic acids is 1. The van der Waals surface area contributed by atoms with Gasteiger partial charge in [0.1, 0.15) is 5.75 Å². The van der Waals surface area contributed by atoms with Gasteiger partial charge in [-0.2, -0.15) is 0 Å².